The average Bonchev–Trinajstić information content (AvgIpc) is 2.31. The van der Waals surface area contributed by atoms with Crippen LogP contribution in [0, 0.1) is 11.7 Å². The third-order valence-electron chi connectivity index (χ3n) is 3.41. The van der Waals surface area contributed by atoms with Crippen LogP contribution in [-0.4, -0.2) is 25.3 Å². The topological polar surface area (TPSA) is 21.3 Å². The Kier molecular flexibility index (Phi) is 4.72. The van der Waals surface area contributed by atoms with Crippen molar-refractivity contribution in [3.05, 3.63) is 35.6 Å². The summed E-state index contributed by atoms with van der Waals surface area (Å²) in [5.41, 5.74) is 1.06. The molecule has 1 N–H and O–H groups in total. The maximum Gasteiger partial charge on any atom is 0.123 e. The highest BCUT2D eigenvalue weighted by molar-refractivity contribution is 5.17. The zero-order valence-electron chi connectivity index (χ0n) is 11.2. The molecule has 100 valence electrons. The largest absolute Gasteiger partial charge is 0.381 e. The molecular formula is C15H22FNO. The monoisotopic (exact) mass is 251 g/mol. The normalized spacial score (nSPS) is 24.4. The third kappa shape index (κ3) is 3.79. The van der Waals surface area contributed by atoms with Gasteiger partial charge in [0.15, 0.2) is 0 Å². The van der Waals surface area contributed by atoms with Gasteiger partial charge in [-0.05, 0) is 30.5 Å². The molecule has 18 heavy (non-hydrogen) atoms. The van der Waals surface area contributed by atoms with Crippen LogP contribution in [-0.2, 0) is 11.2 Å². The van der Waals surface area contributed by atoms with Crippen molar-refractivity contribution < 1.29 is 9.13 Å². The second kappa shape index (κ2) is 6.30. The Morgan fingerprint density at radius 2 is 2.28 bits per heavy atom. The first-order valence-corrected chi connectivity index (χ1v) is 6.73. The van der Waals surface area contributed by atoms with E-state index >= 15 is 0 Å². The number of benzene rings is 1. The molecule has 1 saturated heterocycles. The minimum Gasteiger partial charge on any atom is -0.381 e. The Morgan fingerprint density at radius 1 is 1.44 bits per heavy atom. The van der Waals surface area contributed by atoms with E-state index in [1.807, 2.05) is 6.07 Å². The zero-order valence-corrected chi connectivity index (χ0v) is 11.2. The summed E-state index contributed by atoms with van der Waals surface area (Å²) in [6, 6.07) is 7.83. The first-order valence-electron chi connectivity index (χ1n) is 6.73. The highest BCUT2D eigenvalue weighted by Gasteiger charge is 2.26. The van der Waals surface area contributed by atoms with Crippen molar-refractivity contribution in [2.75, 3.05) is 13.2 Å². The first kappa shape index (κ1) is 13.5. The highest BCUT2D eigenvalue weighted by atomic mass is 19.1. The van der Waals surface area contributed by atoms with E-state index in [-0.39, 0.29) is 5.82 Å². The van der Waals surface area contributed by atoms with Gasteiger partial charge in [-0.3, -0.25) is 0 Å². The van der Waals surface area contributed by atoms with E-state index in [9.17, 15) is 4.39 Å². The molecule has 2 atom stereocenters. The Bertz CT molecular complexity index is 381. The van der Waals surface area contributed by atoms with Gasteiger partial charge in [0, 0.05) is 24.6 Å². The Balaban J connectivity index is 2.00. The fourth-order valence-corrected chi connectivity index (χ4v) is 2.61. The summed E-state index contributed by atoms with van der Waals surface area (Å²) in [6.07, 6.45) is 1.92. The van der Waals surface area contributed by atoms with E-state index in [0.29, 0.717) is 18.0 Å². The van der Waals surface area contributed by atoms with E-state index in [2.05, 4.69) is 19.2 Å². The summed E-state index contributed by atoms with van der Waals surface area (Å²) < 4.78 is 18.7. The first-order chi connectivity index (χ1) is 8.65. The molecule has 3 heteroatoms. The number of halogens is 1. The van der Waals surface area contributed by atoms with Gasteiger partial charge in [0.2, 0.25) is 0 Å². The van der Waals surface area contributed by atoms with Crippen LogP contribution in [0.2, 0.25) is 0 Å². The Labute approximate surface area is 109 Å². The lowest BCUT2D eigenvalue weighted by Gasteiger charge is -2.33. The maximum absolute atomic E-state index is 13.2. The van der Waals surface area contributed by atoms with Gasteiger partial charge in [-0.2, -0.15) is 0 Å². The quantitative estimate of drug-likeness (QED) is 0.888. The molecule has 0 spiro atoms. The third-order valence-corrected chi connectivity index (χ3v) is 3.41. The van der Waals surface area contributed by atoms with Gasteiger partial charge in [0.25, 0.3) is 0 Å². The van der Waals surface area contributed by atoms with Crippen molar-refractivity contribution in [3.63, 3.8) is 0 Å². The fraction of sp³-hybridized carbons (Fsp3) is 0.600. The standard InChI is InChI=1S/C15H22FNO/c1-11(2)17-15-6-7-18-10-13(15)8-12-4-3-5-14(16)9-12/h3-5,9,11,13,15,17H,6-8,10H2,1-2H3/t13-,15+/m1/s1. The minimum absolute atomic E-state index is 0.155. The van der Waals surface area contributed by atoms with Crippen molar-refractivity contribution in [1.82, 2.24) is 5.32 Å². The van der Waals surface area contributed by atoms with Crippen LogP contribution < -0.4 is 5.32 Å². The lowest BCUT2D eigenvalue weighted by atomic mass is 9.89. The van der Waals surface area contributed by atoms with Crippen LogP contribution >= 0.6 is 0 Å². The fourth-order valence-electron chi connectivity index (χ4n) is 2.61. The maximum atomic E-state index is 13.2. The molecule has 0 saturated carbocycles. The molecule has 0 aromatic heterocycles. The number of rotatable bonds is 4. The van der Waals surface area contributed by atoms with Crippen molar-refractivity contribution in [3.8, 4) is 0 Å². The van der Waals surface area contributed by atoms with Crippen molar-refractivity contribution >= 4 is 0 Å². The molecule has 1 aliphatic rings. The molecule has 0 unspecified atom stereocenters. The van der Waals surface area contributed by atoms with Gasteiger partial charge in [-0.15, -0.1) is 0 Å². The summed E-state index contributed by atoms with van der Waals surface area (Å²) in [7, 11) is 0. The van der Waals surface area contributed by atoms with Gasteiger partial charge in [-0.25, -0.2) is 4.39 Å². The predicted molar refractivity (Wildman–Crippen MR) is 71.1 cm³/mol. The second-order valence-corrected chi connectivity index (χ2v) is 5.39. The molecule has 1 fully saturated rings. The van der Waals surface area contributed by atoms with E-state index in [1.54, 1.807) is 12.1 Å². The smallest absolute Gasteiger partial charge is 0.123 e. The molecule has 0 radical (unpaired) electrons. The van der Waals surface area contributed by atoms with Gasteiger partial charge < -0.3 is 10.1 Å². The molecule has 0 aliphatic carbocycles. The molecule has 0 bridgehead atoms. The highest BCUT2D eigenvalue weighted by Crippen LogP contribution is 2.20. The molecule has 1 aromatic carbocycles. The van der Waals surface area contributed by atoms with Crippen LogP contribution in [0.15, 0.2) is 24.3 Å². The second-order valence-electron chi connectivity index (χ2n) is 5.39. The van der Waals surface area contributed by atoms with Crippen molar-refractivity contribution in [2.24, 2.45) is 5.92 Å². The van der Waals surface area contributed by atoms with Crippen LogP contribution in [0.4, 0.5) is 4.39 Å². The van der Waals surface area contributed by atoms with Gasteiger partial charge in [0.05, 0.1) is 6.61 Å². The zero-order chi connectivity index (χ0) is 13.0. The number of hydrogen-bond acceptors (Lipinski definition) is 2. The molecular weight excluding hydrogens is 229 g/mol. The number of ether oxygens (including phenoxy) is 1. The van der Waals surface area contributed by atoms with E-state index in [4.69, 9.17) is 4.74 Å². The molecule has 1 aliphatic heterocycles. The predicted octanol–water partition coefficient (Wildman–Crippen LogP) is 2.77. The molecule has 0 amide bonds. The van der Waals surface area contributed by atoms with Crippen LogP contribution in [0.25, 0.3) is 0 Å². The molecule has 2 rings (SSSR count). The SMILES string of the molecule is CC(C)N[C@H]1CCOC[C@H]1Cc1cccc(F)c1. The van der Waals surface area contributed by atoms with Crippen LogP contribution in [0.5, 0.6) is 0 Å². The van der Waals surface area contributed by atoms with Gasteiger partial charge >= 0.3 is 0 Å². The van der Waals surface area contributed by atoms with E-state index < -0.39 is 0 Å². The summed E-state index contributed by atoms with van der Waals surface area (Å²) in [4.78, 5) is 0. The molecule has 2 nitrogen and oxygen atoms in total. The van der Waals surface area contributed by atoms with E-state index in [1.165, 1.54) is 6.07 Å². The van der Waals surface area contributed by atoms with Crippen molar-refractivity contribution in [2.45, 2.75) is 38.8 Å². The van der Waals surface area contributed by atoms with Crippen LogP contribution in [0.3, 0.4) is 0 Å². The van der Waals surface area contributed by atoms with Crippen LogP contribution in [0.1, 0.15) is 25.8 Å². The molecule has 1 heterocycles. The lowest BCUT2D eigenvalue weighted by Crippen LogP contribution is -2.46. The van der Waals surface area contributed by atoms with Gasteiger partial charge in [0.1, 0.15) is 5.82 Å². The summed E-state index contributed by atoms with van der Waals surface area (Å²) >= 11 is 0. The Hall–Kier alpha value is -0.930. The summed E-state index contributed by atoms with van der Waals surface area (Å²) in [5, 5.41) is 3.59. The summed E-state index contributed by atoms with van der Waals surface area (Å²) in [5.74, 6) is 0.278. The van der Waals surface area contributed by atoms with Gasteiger partial charge in [-0.1, -0.05) is 26.0 Å². The minimum atomic E-state index is -0.155. The lowest BCUT2D eigenvalue weighted by molar-refractivity contribution is 0.0300. The number of hydrogen-bond donors (Lipinski definition) is 1. The average molecular weight is 251 g/mol. The molecule has 1 aromatic rings. The van der Waals surface area contributed by atoms with E-state index in [0.717, 1.165) is 31.6 Å². The number of nitrogens with one attached hydrogen (secondary N) is 1. The summed E-state index contributed by atoms with van der Waals surface area (Å²) in [6.45, 7) is 5.91. The Morgan fingerprint density at radius 3 is 3.00 bits per heavy atom. The van der Waals surface area contributed by atoms with Crippen molar-refractivity contribution in [1.29, 1.82) is 0 Å².